The Morgan fingerprint density at radius 3 is 2.81 bits per heavy atom. The van der Waals surface area contributed by atoms with Crippen molar-refractivity contribution in [2.45, 2.75) is 77.2 Å². The fourth-order valence-corrected chi connectivity index (χ4v) is 3.78. The molecule has 2 rings (SSSR count). The molecule has 2 aliphatic rings. The van der Waals surface area contributed by atoms with Gasteiger partial charge in [-0.1, -0.05) is 13.8 Å². The van der Waals surface area contributed by atoms with Gasteiger partial charge in [-0.3, -0.25) is 0 Å². The summed E-state index contributed by atoms with van der Waals surface area (Å²) in [7, 11) is 0. The van der Waals surface area contributed by atoms with E-state index in [1.54, 1.807) is 0 Å². The molecule has 124 valence electrons. The number of rotatable bonds is 8. The van der Waals surface area contributed by atoms with E-state index in [1.165, 1.54) is 38.8 Å². The highest BCUT2D eigenvalue weighted by Gasteiger charge is 2.31. The van der Waals surface area contributed by atoms with Crippen molar-refractivity contribution in [2.24, 2.45) is 5.92 Å². The maximum atomic E-state index is 10.1. The van der Waals surface area contributed by atoms with Gasteiger partial charge < -0.3 is 20.1 Å². The lowest BCUT2D eigenvalue weighted by atomic mass is 9.97. The molecule has 21 heavy (non-hydrogen) atoms. The Morgan fingerprint density at radius 1 is 1.24 bits per heavy atom. The first-order chi connectivity index (χ1) is 10.0. The highest BCUT2D eigenvalue weighted by atomic mass is 16.5. The Bertz CT molecular complexity index is 299. The average Bonchev–Trinajstić information content (AvgIpc) is 2.89. The van der Waals surface area contributed by atoms with E-state index in [0.29, 0.717) is 25.1 Å². The van der Waals surface area contributed by atoms with Gasteiger partial charge in [0.25, 0.3) is 0 Å². The summed E-state index contributed by atoms with van der Waals surface area (Å²) >= 11 is 0. The van der Waals surface area contributed by atoms with E-state index in [0.717, 1.165) is 12.5 Å². The summed E-state index contributed by atoms with van der Waals surface area (Å²) in [5.41, 5.74) is 0. The van der Waals surface area contributed by atoms with Crippen LogP contribution in [0.5, 0.6) is 0 Å². The molecule has 0 aliphatic carbocycles. The van der Waals surface area contributed by atoms with Crippen molar-refractivity contribution in [3.8, 4) is 0 Å². The Hall–Kier alpha value is -0.160. The summed E-state index contributed by atoms with van der Waals surface area (Å²) in [6, 6.07) is 1.36. The molecular formula is C17H34N2O2. The van der Waals surface area contributed by atoms with Crippen molar-refractivity contribution in [1.82, 2.24) is 10.2 Å². The molecule has 0 saturated carbocycles. The molecule has 2 N–H and O–H groups in total. The summed E-state index contributed by atoms with van der Waals surface area (Å²) in [4.78, 5) is 2.63. The van der Waals surface area contributed by atoms with Crippen molar-refractivity contribution >= 4 is 0 Å². The summed E-state index contributed by atoms with van der Waals surface area (Å²) in [6.07, 6.45) is 6.09. The Balaban J connectivity index is 1.57. The van der Waals surface area contributed by atoms with E-state index >= 15 is 0 Å². The van der Waals surface area contributed by atoms with Crippen LogP contribution in [0.15, 0.2) is 0 Å². The number of nitrogens with zero attached hydrogens (tertiary/aromatic N) is 1. The lowest BCUT2D eigenvalue weighted by molar-refractivity contribution is -0.0101. The van der Waals surface area contributed by atoms with Crippen LogP contribution >= 0.6 is 0 Å². The SMILES string of the molecule is CC(C)CC(C)OCC(O)CNC1CCN2CCCC2C1. The van der Waals surface area contributed by atoms with Gasteiger partial charge in [0.05, 0.1) is 18.8 Å². The third-order valence-electron chi connectivity index (χ3n) is 4.84. The predicted molar refractivity (Wildman–Crippen MR) is 86.5 cm³/mol. The summed E-state index contributed by atoms with van der Waals surface area (Å²) in [5, 5.41) is 13.6. The molecule has 0 aromatic carbocycles. The van der Waals surface area contributed by atoms with E-state index in [-0.39, 0.29) is 12.2 Å². The van der Waals surface area contributed by atoms with Crippen LogP contribution in [0.25, 0.3) is 0 Å². The Labute approximate surface area is 130 Å². The van der Waals surface area contributed by atoms with Gasteiger partial charge in [-0.25, -0.2) is 0 Å². The Kier molecular flexibility index (Phi) is 6.93. The van der Waals surface area contributed by atoms with Crippen LogP contribution in [0.3, 0.4) is 0 Å². The number of nitrogens with one attached hydrogen (secondary N) is 1. The summed E-state index contributed by atoms with van der Waals surface area (Å²) < 4.78 is 5.73. The quantitative estimate of drug-likeness (QED) is 0.719. The molecule has 4 nitrogen and oxygen atoms in total. The smallest absolute Gasteiger partial charge is 0.0897 e. The van der Waals surface area contributed by atoms with E-state index in [9.17, 15) is 5.11 Å². The molecule has 4 atom stereocenters. The van der Waals surface area contributed by atoms with Crippen LogP contribution in [0, 0.1) is 5.92 Å². The number of piperidine rings is 1. The maximum Gasteiger partial charge on any atom is 0.0897 e. The van der Waals surface area contributed by atoms with Crippen LogP contribution in [-0.2, 0) is 4.74 Å². The molecule has 2 aliphatic heterocycles. The first kappa shape index (κ1) is 17.2. The molecule has 0 bridgehead atoms. The second-order valence-corrected chi connectivity index (χ2v) is 7.39. The molecule has 2 fully saturated rings. The fourth-order valence-electron chi connectivity index (χ4n) is 3.78. The number of aliphatic hydroxyl groups excluding tert-OH is 1. The second-order valence-electron chi connectivity index (χ2n) is 7.39. The van der Waals surface area contributed by atoms with Crippen LogP contribution in [0.4, 0.5) is 0 Å². The average molecular weight is 298 g/mol. The van der Waals surface area contributed by atoms with E-state index in [4.69, 9.17) is 4.74 Å². The third kappa shape index (κ3) is 5.85. The third-order valence-corrected chi connectivity index (χ3v) is 4.84. The molecule has 0 aromatic rings. The number of hydrogen-bond acceptors (Lipinski definition) is 4. The lowest BCUT2D eigenvalue weighted by Gasteiger charge is -2.35. The minimum absolute atomic E-state index is 0.237. The lowest BCUT2D eigenvalue weighted by Crippen LogP contribution is -2.47. The van der Waals surface area contributed by atoms with Gasteiger partial charge in [0, 0.05) is 18.6 Å². The summed E-state index contributed by atoms with van der Waals surface area (Å²) in [5.74, 6) is 0.645. The highest BCUT2D eigenvalue weighted by molar-refractivity contribution is 4.89. The zero-order chi connectivity index (χ0) is 15.2. The van der Waals surface area contributed by atoms with Crippen molar-refractivity contribution < 1.29 is 9.84 Å². The monoisotopic (exact) mass is 298 g/mol. The standard InChI is InChI=1S/C17H34N2O2/c1-13(2)9-14(3)21-12-17(20)11-18-15-6-8-19-7-4-5-16(19)10-15/h13-18,20H,4-12H2,1-3H3. The van der Waals surface area contributed by atoms with Crippen LogP contribution in [-0.4, -0.2) is 60.5 Å². The van der Waals surface area contributed by atoms with Gasteiger partial charge in [0.2, 0.25) is 0 Å². The topological polar surface area (TPSA) is 44.7 Å². The highest BCUT2D eigenvalue weighted by Crippen LogP contribution is 2.26. The molecule has 0 radical (unpaired) electrons. The Morgan fingerprint density at radius 2 is 2.05 bits per heavy atom. The molecule has 2 saturated heterocycles. The molecule has 0 amide bonds. The fraction of sp³-hybridized carbons (Fsp3) is 1.00. The first-order valence-corrected chi connectivity index (χ1v) is 8.81. The van der Waals surface area contributed by atoms with Crippen LogP contribution < -0.4 is 5.32 Å². The number of hydrogen-bond donors (Lipinski definition) is 2. The molecule has 4 unspecified atom stereocenters. The summed E-state index contributed by atoms with van der Waals surface area (Å²) in [6.45, 7) is 10.1. The van der Waals surface area contributed by atoms with E-state index < -0.39 is 0 Å². The molecule has 0 spiro atoms. The number of ether oxygens (including phenoxy) is 1. The van der Waals surface area contributed by atoms with Gasteiger partial charge in [0.15, 0.2) is 0 Å². The van der Waals surface area contributed by atoms with Gasteiger partial charge in [-0.05, 0) is 58.0 Å². The van der Waals surface area contributed by atoms with Crippen molar-refractivity contribution in [3.63, 3.8) is 0 Å². The number of fused-ring (bicyclic) bond motifs is 1. The van der Waals surface area contributed by atoms with Crippen LogP contribution in [0.1, 0.15) is 52.9 Å². The van der Waals surface area contributed by atoms with Crippen molar-refractivity contribution in [2.75, 3.05) is 26.2 Å². The largest absolute Gasteiger partial charge is 0.389 e. The van der Waals surface area contributed by atoms with Crippen molar-refractivity contribution in [1.29, 1.82) is 0 Å². The number of aliphatic hydroxyl groups is 1. The van der Waals surface area contributed by atoms with E-state index in [1.807, 2.05) is 0 Å². The second kappa shape index (κ2) is 8.47. The van der Waals surface area contributed by atoms with E-state index in [2.05, 4.69) is 31.0 Å². The normalized spacial score (nSPS) is 29.6. The molecule has 4 heteroatoms. The first-order valence-electron chi connectivity index (χ1n) is 8.81. The van der Waals surface area contributed by atoms with Crippen molar-refractivity contribution in [3.05, 3.63) is 0 Å². The van der Waals surface area contributed by atoms with Gasteiger partial charge in [0.1, 0.15) is 0 Å². The zero-order valence-electron chi connectivity index (χ0n) is 14.1. The minimum atomic E-state index is -0.388. The van der Waals surface area contributed by atoms with Crippen LogP contribution in [0.2, 0.25) is 0 Å². The zero-order valence-corrected chi connectivity index (χ0v) is 14.1. The maximum absolute atomic E-state index is 10.1. The predicted octanol–water partition coefficient (Wildman–Crippen LogP) is 2.01. The van der Waals surface area contributed by atoms with Gasteiger partial charge in [-0.2, -0.15) is 0 Å². The molecule has 2 heterocycles. The molecule has 0 aromatic heterocycles. The van der Waals surface area contributed by atoms with Gasteiger partial charge >= 0.3 is 0 Å². The van der Waals surface area contributed by atoms with Gasteiger partial charge in [-0.15, -0.1) is 0 Å². The molecular weight excluding hydrogens is 264 g/mol. The minimum Gasteiger partial charge on any atom is -0.389 e.